The molecule has 0 aliphatic rings. The molecule has 0 bridgehead atoms. The smallest absolute Gasteiger partial charge is 0 e. The van der Waals surface area contributed by atoms with Gasteiger partial charge in [-0.05, 0) is 47.7 Å². The molecule has 57 heavy (non-hydrogen) atoms. The summed E-state index contributed by atoms with van der Waals surface area (Å²) in [5, 5.41) is 8.39. The Hall–Kier alpha value is -5.28. The number of hydrogen-bond acceptors (Lipinski definition) is 0. The van der Waals surface area contributed by atoms with Crippen LogP contribution in [-0.4, -0.2) is 0 Å². The van der Waals surface area contributed by atoms with Gasteiger partial charge >= 0.3 is 11.3 Å². The summed E-state index contributed by atoms with van der Waals surface area (Å²) in [6.45, 7) is 12.7. The standard InChI is InChI=1S/2C18H15P.C16H15.CO.Rh/c2*1-4-10-16(11-5-1)19(17-12-6-2-7-13-17)18-14-8-3-9-15-18;1-3-16(2,14-10-6-4-7-11-14)15-12-8-5-9-13-15;1-2;/h2*1-15H;3-13H,1-2H2;;/q;;-1;;. The van der Waals surface area contributed by atoms with Gasteiger partial charge in [-0.25, -0.2) is 0 Å². The van der Waals surface area contributed by atoms with Gasteiger partial charge < -0.3 is 6.92 Å². The molecule has 283 valence electrons. The maximum atomic E-state index is 7.50. The van der Waals surface area contributed by atoms with Gasteiger partial charge in [0.1, 0.15) is 0 Å². The van der Waals surface area contributed by atoms with Crippen molar-refractivity contribution in [3.63, 3.8) is 0 Å². The molecule has 1 radical (unpaired) electrons. The third kappa shape index (κ3) is 12.6. The summed E-state index contributed by atoms with van der Waals surface area (Å²) in [6.07, 6.45) is 1.90. The van der Waals surface area contributed by atoms with E-state index in [1.807, 2.05) is 42.5 Å². The Morgan fingerprint density at radius 3 is 0.667 bits per heavy atom. The van der Waals surface area contributed by atoms with Crippen molar-refractivity contribution in [2.24, 2.45) is 0 Å². The Morgan fingerprint density at radius 2 is 0.509 bits per heavy atom. The van der Waals surface area contributed by atoms with Gasteiger partial charge in [-0.3, -0.25) is 0 Å². The number of hydrogen-bond donors (Lipinski definition) is 0. The van der Waals surface area contributed by atoms with Crippen LogP contribution in [0.25, 0.3) is 0 Å². The SMILES string of the molecule is C=CC([CH2-])(c1ccccc1)c1ccccc1.[C-]#[O+].[Rh].c1ccc(P(c2ccccc2)c2ccccc2)cc1.c1ccc(P(c2ccccc2)c2ccccc2)cc1. The molecule has 0 aliphatic carbocycles. The molecule has 0 atom stereocenters. The summed E-state index contributed by atoms with van der Waals surface area (Å²) >= 11 is 0. The first-order valence-corrected chi connectivity index (χ1v) is 21.1. The second kappa shape index (κ2) is 24.4. The van der Waals surface area contributed by atoms with Crippen LogP contribution in [0.4, 0.5) is 0 Å². The van der Waals surface area contributed by atoms with Gasteiger partial charge in [0.25, 0.3) is 0 Å². The summed E-state index contributed by atoms with van der Waals surface area (Å²) in [6, 6.07) is 85.1. The van der Waals surface area contributed by atoms with Gasteiger partial charge in [-0.1, -0.05) is 259 Å². The minimum Gasteiger partial charge on any atom is -0.0622 e. The summed E-state index contributed by atoms with van der Waals surface area (Å²) < 4.78 is 7.50. The molecule has 8 aromatic rings. The molecule has 8 rings (SSSR count). The van der Waals surface area contributed by atoms with E-state index < -0.39 is 15.8 Å². The molecule has 0 spiro atoms. The summed E-state index contributed by atoms with van der Waals surface area (Å²) in [5.74, 6) is 0. The molecule has 1 nitrogen and oxygen atoms in total. The predicted molar refractivity (Wildman–Crippen MR) is 243 cm³/mol. The van der Waals surface area contributed by atoms with Crippen LogP contribution in [0.1, 0.15) is 11.1 Å². The van der Waals surface area contributed by atoms with E-state index in [1.54, 1.807) is 0 Å². The van der Waals surface area contributed by atoms with E-state index in [4.69, 9.17) is 4.65 Å². The van der Waals surface area contributed by atoms with Gasteiger partial charge in [0.2, 0.25) is 0 Å². The van der Waals surface area contributed by atoms with Gasteiger partial charge in [0.15, 0.2) is 0 Å². The zero-order valence-corrected chi connectivity index (χ0v) is 35.1. The maximum absolute atomic E-state index is 7.50. The molecule has 0 N–H and O–H groups in total. The van der Waals surface area contributed by atoms with Crippen LogP contribution in [0.3, 0.4) is 0 Å². The van der Waals surface area contributed by atoms with Gasteiger partial charge in [0, 0.05) is 19.5 Å². The van der Waals surface area contributed by atoms with Crippen LogP contribution in [0.2, 0.25) is 0 Å². The zero-order valence-electron chi connectivity index (χ0n) is 31.7. The van der Waals surface area contributed by atoms with E-state index in [9.17, 15) is 0 Å². The Balaban J connectivity index is 0.000000185. The van der Waals surface area contributed by atoms with E-state index in [2.05, 4.69) is 226 Å². The molecule has 0 aromatic heterocycles. The van der Waals surface area contributed by atoms with Crippen molar-refractivity contribution in [1.82, 2.24) is 0 Å². The Labute approximate surface area is 355 Å². The Bertz CT molecular complexity index is 1930. The molecule has 0 unspecified atom stereocenters. The van der Waals surface area contributed by atoms with Crippen molar-refractivity contribution < 1.29 is 24.1 Å². The molecule has 0 saturated heterocycles. The van der Waals surface area contributed by atoms with Gasteiger partial charge in [-0.15, -0.1) is 12.7 Å². The molecular formula is C53H45OP2Rh-. The monoisotopic (exact) mass is 862 g/mol. The van der Waals surface area contributed by atoms with Crippen molar-refractivity contribution in [3.8, 4) is 0 Å². The molecule has 8 aromatic carbocycles. The topological polar surface area (TPSA) is 19.9 Å². The molecule has 0 amide bonds. The summed E-state index contributed by atoms with van der Waals surface area (Å²) in [5.41, 5.74) is 1.97. The normalized spacial score (nSPS) is 10.2. The molecule has 0 heterocycles. The minimum absolute atomic E-state index is 0. The van der Waals surface area contributed by atoms with Crippen LogP contribution in [0, 0.1) is 13.6 Å². The third-order valence-corrected chi connectivity index (χ3v) is 13.9. The second-order valence-electron chi connectivity index (χ2n) is 12.6. The molecule has 4 heteroatoms. The molecular weight excluding hydrogens is 817 g/mol. The number of allylic oxidation sites excluding steroid dienone is 1. The quantitative estimate of drug-likeness (QED) is 0.0453. The molecule has 0 fully saturated rings. The fraction of sp³-hybridized carbons (Fsp3) is 0.0189. The van der Waals surface area contributed by atoms with Crippen LogP contribution in [-0.2, 0) is 29.5 Å². The largest absolute Gasteiger partial charge is 0.0622 e. The minimum atomic E-state index is -0.446. The molecule has 0 saturated carbocycles. The van der Waals surface area contributed by atoms with Gasteiger partial charge in [0.05, 0.1) is 0 Å². The number of benzene rings is 8. The zero-order chi connectivity index (χ0) is 39.3. The summed E-state index contributed by atoms with van der Waals surface area (Å²) in [7, 11) is -0.892. The van der Waals surface area contributed by atoms with Crippen molar-refractivity contribution >= 4 is 47.7 Å². The first-order valence-electron chi connectivity index (χ1n) is 18.4. The van der Waals surface area contributed by atoms with Crippen LogP contribution >= 0.6 is 15.8 Å². The van der Waals surface area contributed by atoms with Crippen molar-refractivity contribution in [2.45, 2.75) is 5.41 Å². The van der Waals surface area contributed by atoms with Gasteiger partial charge in [-0.2, -0.15) is 0 Å². The Morgan fingerprint density at radius 1 is 0.351 bits per heavy atom. The average Bonchev–Trinajstić information content (AvgIpc) is 3.30. The second-order valence-corrected chi connectivity index (χ2v) is 17.0. The third-order valence-electron chi connectivity index (χ3n) is 9.01. The van der Waals surface area contributed by atoms with Crippen LogP contribution in [0.15, 0.2) is 255 Å². The average molecular weight is 863 g/mol. The van der Waals surface area contributed by atoms with Crippen LogP contribution in [0.5, 0.6) is 0 Å². The first kappa shape index (κ1) is 44.4. The maximum Gasteiger partial charge on any atom is 0 e. The van der Waals surface area contributed by atoms with E-state index in [1.165, 1.54) is 31.8 Å². The Kier molecular flexibility index (Phi) is 19.0. The van der Waals surface area contributed by atoms with Crippen molar-refractivity contribution in [2.75, 3.05) is 0 Å². The van der Waals surface area contributed by atoms with Crippen molar-refractivity contribution in [1.29, 1.82) is 0 Å². The van der Waals surface area contributed by atoms with E-state index in [0.717, 1.165) is 11.1 Å². The van der Waals surface area contributed by atoms with E-state index in [0.29, 0.717) is 0 Å². The number of rotatable bonds is 9. The van der Waals surface area contributed by atoms with Crippen LogP contribution < -0.4 is 31.8 Å². The molecule has 0 aliphatic heterocycles. The van der Waals surface area contributed by atoms with Crippen molar-refractivity contribution in [3.05, 3.63) is 280 Å². The predicted octanol–water partition coefficient (Wildman–Crippen LogP) is 10.8. The fourth-order valence-corrected chi connectivity index (χ4v) is 10.8. The summed E-state index contributed by atoms with van der Waals surface area (Å²) in [4.78, 5) is 0. The fourth-order valence-electron chi connectivity index (χ4n) is 6.23. The van der Waals surface area contributed by atoms with E-state index in [-0.39, 0.29) is 24.9 Å². The first-order chi connectivity index (χ1) is 27.7. The van der Waals surface area contributed by atoms with E-state index >= 15 is 0 Å².